The molecule has 4 heteroatoms. The molecule has 66 valence electrons. The second kappa shape index (κ2) is 3.15. The summed E-state index contributed by atoms with van der Waals surface area (Å²) in [6, 6.07) is 1.98. The van der Waals surface area contributed by atoms with Gasteiger partial charge >= 0.3 is 0 Å². The Balaban J connectivity index is 2.08. The average molecular weight is 167 g/mol. The maximum atomic E-state index is 5.15. The molecule has 2 rings (SSSR count). The number of aromatic nitrogens is 1. The van der Waals surface area contributed by atoms with Gasteiger partial charge in [0.1, 0.15) is 0 Å². The van der Waals surface area contributed by atoms with E-state index in [2.05, 4.69) is 15.4 Å². The number of hydrogen-bond donors (Lipinski definition) is 1. The molecule has 0 saturated carbocycles. The molecule has 0 aliphatic carbocycles. The fourth-order valence-corrected chi connectivity index (χ4v) is 1.38. The third-order valence-electron chi connectivity index (χ3n) is 2.04. The van der Waals surface area contributed by atoms with E-state index in [0.29, 0.717) is 0 Å². The summed E-state index contributed by atoms with van der Waals surface area (Å²) in [4.78, 5) is 2.20. The molecule has 1 aromatic heterocycles. The van der Waals surface area contributed by atoms with Crippen LogP contribution in [0.3, 0.4) is 0 Å². The van der Waals surface area contributed by atoms with Gasteiger partial charge < -0.3 is 14.7 Å². The fourth-order valence-electron chi connectivity index (χ4n) is 1.38. The summed E-state index contributed by atoms with van der Waals surface area (Å²) < 4.78 is 5.15. The standard InChI is InChI=1S/C8H13N3O/c1-7-6-8(12-10-7)11-4-2-9-3-5-11/h6,9H,2-5H2,1H3. The number of hydrogen-bond acceptors (Lipinski definition) is 4. The van der Waals surface area contributed by atoms with Crippen molar-refractivity contribution in [2.45, 2.75) is 6.92 Å². The average Bonchev–Trinajstić information content (AvgIpc) is 2.54. The second-order valence-electron chi connectivity index (χ2n) is 3.04. The van der Waals surface area contributed by atoms with Gasteiger partial charge in [-0.2, -0.15) is 0 Å². The lowest BCUT2D eigenvalue weighted by molar-refractivity contribution is 0.403. The first-order valence-corrected chi connectivity index (χ1v) is 4.25. The molecule has 0 unspecified atom stereocenters. The number of nitrogens with one attached hydrogen (secondary N) is 1. The summed E-state index contributed by atoms with van der Waals surface area (Å²) in [7, 11) is 0. The third-order valence-corrected chi connectivity index (χ3v) is 2.04. The molecule has 1 aliphatic heterocycles. The van der Waals surface area contributed by atoms with Crippen LogP contribution in [0.15, 0.2) is 10.6 Å². The van der Waals surface area contributed by atoms with E-state index in [1.54, 1.807) is 0 Å². The van der Waals surface area contributed by atoms with Crippen molar-refractivity contribution >= 4 is 5.88 Å². The van der Waals surface area contributed by atoms with Crippen molar-refractivity contribution in [3.05, 3.63) is 11.8 Å². The van der Waals surface area contributed by atoms with Crippen LogP contribution in [0.1, 0.15) is 5.69 Å². The Morgan fingerprint density at radius 1 is 1.50 bits per heavy atom. The van der Waals surface area contributed by atoms with Crippen LogP contribution in [0.2, 0.25) is 0 Å². The molecule has 2 heterocycles. The first-order chi connectivity index (χ1) is 5.86. The number of anilines is 1. The largest absolute Gasteiger partial charge is 0.338 e. The minimum atomic E-state index is 0.897. The lowest BCUT2D eigenvalue weighted by Gasteiger charge is -2.25. The maximum Gasteiger partial charge on any atom is 0.227 e. The van der Waals surface area contributed by atoms with Gasteiger partial charge in [-0.05, 0) is 6.92 Å². The Bertz CT molecular complexity index is 253. The summed E-state index contributed by atoms with van der Waals surface area (Å²) in [5, 5.41) is 7.14. The molecule has 1 N–H and O–H groups in total. The van der Waals surface area contributed by atoms with Gasteiger partial charge in [0.05, 0.1) is 5.69 Å². The van der Waals surface area contributed by atoms with Crippen molar-refractivity contribution in [1.82, 2.24) is 10.5 Å². The SMILES string of the molecule is Cc1cc(N2CCNCC2)on1. The van der Waals surface area contributed by atoms with Gasteiger partial charge in [-0.25, -0.2) is 0 Å². The van der Waals surface area contributed by atoms with Crippen molar-refractivity contribution in [3.63, 3.8) is 0 Å². The zero-order chi connectivity index (χ0) is 8.39. The smallest absolute Gasteiger partial charge is 0.227 e. The van der Waals surface area contributed by atoms with E-state index >= 15 is 0 Å². The van der Waals surface area contributed by atoms with E-state index in [-0.39, 0.29) is 0 Å². The molecule has 0 radical (unpaired) electrons. The molecule has 1 fully saturated rings. The quantitative estimate of drug-likeness (QED) is 0.657. The van der Waals surface area contributed by atoms with Crippen LogP contribution in [-0.4, -0.2) is 31.3 Å². The van der Waals surface area contributed by atoms with Crippen molar-refractivity contribution < 1.29 is 4.52 Å². The minimum Gasteiger partial charge on any atom is -0.338 e. The van der Waals surface area contributed by atoms with Gasteiger partial charge in [-0.1, -0.05) is 5.16 Å². The Hall–Kier alpha value is -1.03. The molecule has 0 aromatic carbocycles. The van der Waals surface area contributed by atoms with E-state index < -0.39 is 0 Å². The van der Waals surface area contributed by atoms with Crippen molar-refractivity contribution in [2.24, 2.45) is 0 Å². The number of aryl methyl sites for hydroxylation is 1. The van der Waals surface area contributed by atoms with Gasteiger partial charge in [0.25, 0.3) is 0 Å². The molecular weight excluding hydrogens is 154 g/mol. The van der Waals surface area contributed by atoms with Gasteiger partial charge in [0.2, 0.25) is 5.88 Å². The third kappa shape index (κ3) is 1.43. The second-order valence-corrected chi connectivity index (χ2v) is 3.04. The predicted octanol–water partition coefficient (Wildman–Crippen LogP) is 0.393. The Kier molecular flexibility index (Phi) is 1.99. The van der Waals surface area contributed by atoms with E-state index in [9.17, 15) is 0 Å². The van der Waals surface area contributed by atoms with Gasteiger partial charge in [0, 0.05) is 32.2 Å². The topological polar surface area (TPSA) is 41.3 Å². The lowest BCUT2D eigenvalue weighted by atomic mass is 10.3. The van der Waals surface area contributed by atoms with Crippen LogP contribution in [0.4, 0.5) is 5.88 Å². The van der Waals surface area contributed by atoms with E-state index in [4.69, 9.17) is 4.52 Å². The van der Waals surface area contributed by atoms with Crippen LogP contribution < -0.4 is 10.2 Å². The first kappa shape index (κ1) is 7.61. The summed E-state index contributed by atoms with van der Waals surface area (Å²) >= 11 is 0. The minimum absolute atomic E-state index is 0.897. The number of nitrogens with zero attached hydrogens (tertiary/aromatic N) is 2. The van der Waals surface area contributed by atoms with E-state index in [1.165, 1.54) is 0 Å². The molecule has 0 atom stereocenters. The van der Waals surface area contributed by atoms with Crippen molar-refractivity contribution in [2.75, 3.05) is 31.1 Å². The molecule has 12 heavy (non-hydrogen) atoms. The fraction of sp³-hybridized carbons (Fsp3) is 0.625. The molecule has 1 aliphatic rings. The highest BCUT2D eigenvalue weighted by Gasteiger charge is 2.13. The lowest BCUT2D eigenvalue weighted by Crippen LogP contribution is -2.43. The van der Waals surface area contributed by atoms with Gasteiger partial charge in [-0.3, -0.25) is 0 Å². The Morgan fingerprint density at radius 3 is 2.83 bits per heavy atom. The first-order valence-electron chi connectivity index (χ1n) is 4.25. The number of rotatable bonds is 1. The highest BCUT2D eigenvalue weighted by molar-refractivity contribution is 5.35. The van der Waals surface area contributed by atoms with Crippen LogP contribution in [0, 0.1) is 6.92 Å². The Morgan fingerprint density at radius 2 is 2.25 bits per heavy atom. The van der Waals surface area contributed by atoms with Gasteiger partial charge in [0.15, 0.2) is 0 Å². The molecule has 0 spiro atoms. The van der Waals surface area contributed by atoms with Crippen LogP contribution in [-0.2, 0) is 0 Å². The van der Waals surface area contributed by atoms with E-state index in [1.807, 2.05) is 13.0 Å². The normalized spacial score (nSPS) is 18.2. The van der Waals surface area contributed by atoms with E-state index in [0.717, 1.165) is 37.8 Å². The van der Waals surface area contributed by atoms with Crippen molar-refractivity contribution in [1.29, 1.82) is 0 Å². The van der Waals surface area contributed by atoms with Crippen molar-refractivity contribution in [3.8, 4) is 0 Å². The molecule has 0 amide bonds. The maximum absolute atomic E-state index is 5.15. The van der Waals surface area contributed by atoms with Crippen LogP contribution in [0.5, 0.6) is 0 Å². The molecule has 4 nitrogen and oxygen atoms in total. The zero-order valence-corrected chi connectivity index (χ0v) is 7.21. The summed E-state index contributed by atoms with van der Waals surface area (Å²) in [5.41, 5.74) is 0.948. The molecule has 1 aromatic rings. The van der Waals surface area contributed by atoms with Gasteiger partial charge in [-0.15, -0.1) is 0 Å². The summed E-state index contributed by atoms with van der Waals surface area (Å²) in [5.74, 6) is 0.897. The monoisotopic (exact) mass is 167 g/mol. The Labute approximate surface area is 71.5 Å². The highest BCUT2D eigenvalue weighted by Crippen LogP contribution is 2.14. The molecule has 1 saturated heterocycles. The highest BCUT2D eigenvalue weighted by atomic mass is 16.5. The summed E-state index contributed by atoms with van der Waals surface area (Å²) in [6.07, 6.45) is 0. The summed E-state index contributed by atoms with van der Waals surface area (Å²) in [6.45, 7) is 6.01. The number of piperazine rings is 1. The van der Waals surface area contributed by atoms with Crippen LogP contribution >= 0.6 is 0 Å². The zero-order valence-electron chi connectivity index (χ0n) is 7.21. The molecule has 0 bridgehead atoms. The predicted molar refractivity (Wildman–Crippen MR) is 46.3 cm³/mol. The molecular formula is C8H13N3O. The van der Waals surface area contributed by atoms with Crippen LogP contribution in [0.25, 0.3) is 0 Å².